The van der Waals surface area contributed by atoms with E-state index in [4.69, 9.17) is 4.74 Å². The van der Waals surface area contributed by atoms with Crippen LogP contribution in [-0.2, 0) is 16.1 Å². The number of nitrogens with zero attached hydrogens (tertiary/aromatic N) is 3. The second-order valence-electron chi connectivity index (χ2n) is 9.01. The number of piperidine rings is 1. The predicted molar refractivity (Wildman–Crippen MR) is 116 cm³/mol. The normalized spacial score (nSPS) is 24.2. The summed E-state index contributed by atoms with van der Waals surface area (Å²) in [5, 5.41) is 0. The van der Waals surface area contributed by atoms with Gasteiger partial charge >= 0.3 is 0 Å². The molecule has 2 saturated heterocycles. The molecule has 164 valence electrons. The molecule has 1 aliphatic carbocycles. The fraction of sp³-hybridized carbons (Fsp3) is 0.667. The van der Waals surface area contributed by atoms with Crippen molar-refractivity contribution in [1.29, 1.82) is 0 Å². The molecule has 4 rings (SSSR count). The Balaban J connectivity index is 1.34. The topological polar surface area (TPSA) is 53.1 Å². The first kappa shape index (κ1) is 21.2. The van der Waals surface area contributed by atoms with E-state index < -0.39 is 0 Å². The zero-order chi connectivity index (χ0) is 20.9. The number of amides is 2. The lowest BCUT2D eigenvalue weighted by molar-refractivity contribution is -0.143. The minimum absolute atomic E-state index is 0.0775. The molecule has 2 amide bonds. The molecule has 1 saturated carbocycles. The molecule has 2 aliphatic heterocycles. The van der Waals surface area contributed by atoms with Crippen molar-refractivity contribution in [2.75, 3.05) is 39.8 Å². The zero-order valence-corrected chi connectivity index (χ0v) is 18.2. The number of rotatable bonds is 5. The fourth-order valence-corrected chi connectivity index (χ4v) is 5.31. The molecular formula is C24H35N3O3. The second kappa shape index (κ2) is 9.82. The van der Waals surface area contributed by atoms with Gasteiger partial charge in [-0.05, 0) is 43.4 Å². The van der Waals surface area contributed by atoms with Gasteiger partial charge in [-0.2, -0.15) is 0 Å². The van der Waals surface area contributed by atoms with Gasteiger partial charge in [0.25, 0.3) is 0 Å². The van der Waals surface area contributed by atoms with Gasteiger partial charge in [0.05, 0.1) is 13.0 Å². The number of benzene rings is 1. The highest BCUT2D eigenvalue weighted by molar-refractivity contribution is 5.84. The summed E-state index contributed by atoms with van der Waals surface area (Å²) in [5.41, 5.74) is 1.04. The van der Waals surface area contributed by atoms with E-state index in [0.717, 1.165) is 50.0 Å². The lowest BCUT2D eigenvalue weighted by Crippen LogP contribution is -2.47. The van der Waals surface area contributed by atoms with Crippen LogP contribution in [0.5, 0.6) is 5.75 Å². The van der Waals surface area contributed by atoms with Gasteiger partial charge in [0.1, 0.15) is 5.75 Å². The molecule has 3 fully saturated rings. The van der Waals surface area contributed by atoms with E-state index in [0.29, 0.717) is 25.9 Å². The summed E-state index contributed by atoms with van der Waals surface area (Å²) < 4.78 is 5.30. The largest absolute Gasteiger partial charge is 0.497 e. The van der Waals surface area contributed by atoms with Crippen LogP contribution >= 0.6 is 0 Å². The highest BCUT2D eigenvalue weighted by atomic mass is 16.5. The Bertz CT molecular complexity index is 747. The molecule has 6 nitrogen and oxygen atoms in total. The Hall–Kier alpha value is -2.08. The number of carbonyl (C=O) groups is 2. The quantitative estimate of drug-likeness (QED) is 0.745. The van der Waals surface area contributed by atoms with Crippen LogP contribution in [0.4, 0.5) is 0 Å². The Morgan fingerprint density at radius 3 is 2.70 bits per heavy atom. The van der Waals surface area contributed by atoms with Crippen molar-refractivity contribution in [2.24, 2.45) is 5.92 Å². The molecule has 0 N–H and O–H groups in total. The van der Waals surface area contributed by atoms with Crippen LogP contribution in [-0.4, -0.2) is 72.4 Å². The Kier molecular flexibility index (Phi) is 6.93. The molecular weight excluding hydrogens is 378 g/mol. The smallest absolute Gasteiger partial charge is 0.227 e. The molecule has 6 heteroatoms. The SMILES string of the molecule is COc1cccc(CN2CC(C(=O)N3CCCN(C4CCCC4)CC3)CCC2=O)c1. The van der Waals surface area contributed by atoms with Crippen molar-refractivity contribution in [2.45, 2.75) is 57.5 Å². The maximum absolute atomic E-state index is 13.3. The van der Waals surface area contributed by atoms with Gasteiger partial charge in [0, 0.05) is 51.7 Å². The van der Waals surface area contributed by atoms with Crippen molar-refractivity contribution >= 4 is 11.8 Å². The first-order chi connectivity index (χ1) is 14.6. The summed E-state index contributed by atoms with van der Waals surface area (Å²) in [6, 6.07) is 8.55. The lowest BCUT2D eigenvalue weighted by atomic mass is 9.95. The van der Waals surface area contributed by atoms with E-state index in [1.54, 1.807) is 7.11 Å². The minimum Gasteiger partial charge on any atom is -0.497 e. The number of hydrogen-bond donors (Lipinski definition) is 0. The first-order valence-electron chi connectivity index (χ1n) is 11.6. The molecule has 1 aromatic rings. The maximum Gasteiger partial charge on any atom is 0.227 e. The second-order valence-corrected chi connectivity index (χ2v) is 9.01. The van der Waals surface area contributed by atoms with Crippen LogP contribution in [0.15, 0.2) is 24.3 Å². The summed E-state index contributed by atoms with van der Waals surface area (Å²) in [6.07, 6.45) is 7.53. The summed E-state index contributed by atoms with van der Waals surface area (Å²) >= 11 is 0. The molecule has 1 aromatic carbocycles. The number of methoxy groups -OCH3 is 1. The summed E-state index contributed by atoms with van der Waals surface area (Å²) in [7, 11) is 1.65. The van der Waals surface area contributed by atoms with E-state index in [1.165, 1.54) is 25.7 Å². The highest BCUT2D eigenvalue weighted by Crippen LogP contribution is 2.26. The average molecular weight is 414 g/mol. The number of carbonyl (C=O) groups excluding carboxylic acids is 2. The van der Waals surface area contributed by atoms with E-state index in [2.05, 4.69) is 9.80 Å². The molecule has 0 aromatic heterocycles. The number of likely N-dealkylation sites (tertiary alicyclic amines) is 1. The first-order valence-corrected chi connectivity index (χ1v) is 11.6. The molecule has 1 unspecified atom stereocenters. The van der Waals surface area contributed by atoms with Crippen LogP contribution in [0.1, 0.15) is 50.5 Å². The van der Waals surface area contributed by atoms with E-state index in [-0.39, 0.29) is 17.7 Å². The summed E-state index contributed by atoms with van der Waals surface area (Å²) in [5.74, 6) is 1.10. The Morgan fingerprint density at radius 2 is 1.90 bits per heavy atom. The molecule has 30 heavy (non-hydrogen) atoms. The minimum atomic E-state index is -0.0775. The fourth-order valence-electron chi connectivity index (χ4n) is 5.31. The van der Waals surface area contributed by atoms with Gasteiger partial charge in [0.15, 0.2) is 0 Å². The van der Waals surface area contributed by atoms with Gasteiger partial charge in [-0.15, -0.1) is 0 Å². The van der Waals surface area contributed by atoms with Gasteiger partial charge in [-0.1, -0.05) is 25.0 Å². The van der Waals surface area contributed by atoms with E-state index in [9.17, 15) is 9.59 Å². The van der Waals surface area contributed by atoms with Gasteiger partial charge < -0.3 is 14.5 Å². The van der Waals surface area contributed by atoms with Crippen LogP contribution in [0.3, 0.4) is 0 Å². The van der Waals surface area contributed by atoms with Crippen molar-refractivity contribution in [3.63, 3.8) is 0 Å². The van der Waals surface area contributed by atoms with Gasteiger partial charge in [-0.25, -0.2) is 0 Å². The standard InChI is InChI=1S/C24H35N3O3/c1-30-22-9-4-6-19(16-22)17-27-18-20(10-11-23(27)28)24(29)26-13-5-12-25(14-15-26)21-7-2-3-8-21/h4,6,9,16,20-21H,2-3,5,7-8,10-15,17-18H2,1H3. The highest BCUT2D eigenvalue weighted by Gasteiger charge is 2.34. The Morgan fingerprint density at radius 1 is 1.07 bits per heavy atom. The molecule has 3 aliphatic rings. The molecule has 0 radical (unpaired) electrons. The maximum atomic E-state index is 13.3. The molecule has 1 atom stereocenters. The van der Waals surface area contributed by atoms with E-state index in [1.807, 2.05) is 29.2 Å². The summed E-state index contributed by atoms with van der Waals surface area (Å²) in [4.78, 5) is 32.3. The number of hydrogen-bond acceptors (Lipinski definition) is 4. The van der Waals surface area contributed by atoms with Crippen molar-refractivity contribution in [1.82, 2.24) is 14.7 Å². The lowest BCUT2D eigenvalue weighted by Gasteiger charge is -2.35. The predicted octanol–water partition coefficient (Wildman–Crippen LogP) is 2.91. The van der Waals surface area contributed by atoms with Crippen LogP contribution < -0.4 is 4.74 Å². The third-order valence-corrected chi connectivity index (χ3v) is 7.04. The van der Waals surface area contributed by atoms with Gasteiger partial charge in [0.2, 0.25) is 11.8 Å². The molecule has 0 spiro atoms. The van der Waals surface area contributed by atoms with Crippen molar-refractivity contribution < 1.29 is 14.3 Å². The number of ether oxygens (including phenoxy) is 1. The third kappa shape index (κ3) is 4.97. The van der Waals surface area contributed by atoms with Crippen LogP contribution in [0.25, 0.3) is 0 Å². The third-order valence-electron chi connectivity index (χ3n) is 7.04. The average Bonchev–Trinajstić information content (AvgIpc) is 3.19. The van der Waals surface area contributed by atoms with Crippen molar-refractivity contribution in [3.8, 4) is 5.75 Å². The van der Waals surface area contributed by atoms with Crippen LogP contribution in [0, 0.1) is 5.92 Å². The molecule has 2 heterocycles. The zero-order valence-electron chi connectivity index (χ0n) is 18.2. The molecule has 0 bridgehead atoms. The van der Waals surface area contributed by atoms with Gasteiger partial charge in [-0.3, -0.25) is 14.5 Å². The summed E-state index contributed by atoms with van der Waals surface area (Å²) in [6.45, 7) is 4.85. The monoisotopic (exact) mass is 413 g/mol. The van der Waals surface area contributed by atoms with Crippen LogP contribution in [0.2, 0.25) is 0 Å². The Labute approximate surface area is 180 Å². The van der Waals surface area contributed by atoms with E-state index >= 15 is 0 Å². The van der Waals surface area contributed by atoms with Crippen molar-refractivity contribution in [3.05, 3.63) is 29.8 Å².